The summed E-state index contributed by atoms with van der Waals surface area (Å²) in [7, 11) is 0. The number of carbonyl (C=O) groups excluding carboxylic acids is 1. The standard InChI is InChI=1S/C16H13BrClFN2O.C9H9BrFN/c1-9-5-11-6-12(17)8-13(19)15(11)21(9)14(22)7-10-3-2-4-20-16(10)18;1-5-2-6-3-7(10)4-8(11)9(6)12-5/h2-4,6,8-9H,5,7H2,1H3;3-5,12H,2H2,1H3. The molecule has 1 amide bonds. The van der Waals surface area contributed by atoms with Crippen molar-refractivity contribution >= 4 is 60.7 Å². The number of anilines is 2. The Morgan fingerprint density at radius 2 is 1.79 bits per heavy atom. The summed E-state index contributed by atoms with van der Waals surface area (Å²) in [4.78, 5) is 18.1. The van der Waals surface area contributed by atoms with Gasteiger partial charge in [0.2, 0.25) is 5.91 Å². The van der Waals surface area contributed by atoms with Crippen molar-refractivity contribution in [2.75, 3.05) is 10.2 Å². The molecule has 2 unspecified atom stereocenters. The number of hydrogen-bond donors (Lipinski definition) is 1. The quantitative estimate of drug-likeness (QED) is 0.314. The van der Waals surface area contributed by atoms with E-state index in [-0.39, 0.29) is 30.0 Å². The van der Waals surface area contributed by atoms with E-state index in [4.69, 9.17) is 11.6 Å². The third kappa shape index (κ3) is 5.29. The minimum absolute atomic E-state index is 0.0817. The molecule has 3 aromatic rings. The molecule has 1 N–H and O–H groups in total. The fraction of sp³-hybridized carbons (Fsp3) is 0.280. The molecule has 2 aromatic carbocycles. The van der Waals surface area contributed by atoms with Crippen molar-refractivity contribution in [1.82, 2.24) is 4.98 Å². The van der Waals surface area contributed by atoms with Crippen molar-refractivity contribution in [1.29, 1.82) is 0 Å². The summed E-state index contributed by atoms with van der Waals surface area (Å²) in [6.45, 7) is 3.96. The molecule has 0 spiro atoms. The molecular formula is C25H22Br2ClF2N3O. The Morgan fingerprint density at radius 1 is 1.12 bits per heavy atom. The van der Waals surface area contributed by atoms with Crippen LogP contribution in [0.1, 0.15) is 30.5 Å². The lowest BCUT2D eigenvalue weighted by atomic mass is 10.1. The van der Waals surface area contributed by atoms with Crippen LogP contribution in [-0.2, 0) is 24.1 Å². The van der Waals surface area contributed by atoms with E-state index in [9.17, 15) is 13.6 Å². The van der Waals surface area contributed by atoms with Crippen LogP contribution in [0.5, 0.6) is 0 Å². The molecule has 0 saturated carbocycles. The maximum atomic E-state index is 14.3. The van der Waals surface area contributed by atoms with E-state index >= 15 is 0 Å². The lowest BCUT2D eigenvalue weighted by molar-refractivity contribution is -0.118. The van der Waals surface area contributed by atoms with Crippen LogP contribution in [0.3, 0.4) is 0 Å². The summed E-state index contributed by atoms with van der Waals surface area (Å²) >= 11 is 12.6. The van der Waals surface area contributed by atoms with E-state index in [1.54, 1.807) is 18.3 Å². The van der Waals surface area contributed by atoms with Gasteiger partial charge in [-0.3, -0.25) is 4.79 Å². The summed E-state index contributed by atoms with van der Waals surface area (Å²) in [6.07, 6.45) is 3.22. The molecule has 178 valence electrons. The smallest absolute Gasteiger partial charge is 0.231 e. The van der Waals surface area contributed by atoms with Crippen LogP contribution in [0, 0.1) is 11.6 Å². The Hall–Kier alpha value is -2.03. The van der Waals surface area contributed by atoms with E-state index in [0.717, 1.165) is 22.0 Å². The maximum Gasteiger partial charge on any atom is 0.231 e. The number of rotatable bonds is 2. The van der Waals surface area contributed by atoms with Gasteiger partial charge < -0.3 is 10.2 Å². The number of hydrogen-bond acceptors (Lipinski definition) is 3. The number of fused-ring (bicyclic) bond motifs is 2. The predicted octanol–water partition coefficient (Wildman–Crippen LogP) is 7.10. The van der Waals surface area contributed by atoms with Crippen LogP contribution in [0.2, 0.25) is 5.15 Å². The second-order valence-electron chi connectivity index (χ2n) is 8.51. The molecule has 2 aliphatic heterocycles. The molecule has 0 bridgehead atoms. The molecule has 1 aromatic heterocycles. The first-order chi connectivity index (χ1) is 16.1. The lowest BCUT2D eigenvalue weighted by Gasteiger charge is -2.23. The van der Waals surface area contributed by atoms with Crippen molar-refractivity contribution in [2.45, 2.75) is 45.2 Å². The van der Waals surface area contributed by atoms with Crippen LogP contribution in [-0.4, -0.2) is 23.0 Å². The van der Waals surface area contributed by atoms with E-state index < -0.39 is 0 Å². The molecule has 0 radical (unpaired) electrons. The Balaban J connectivity index is 0.000000192. The zero-order valence-corrected chi connectivity index (χ0v) is 22.4. The molecule has 9 heteroatoms. The van der Waals surface area contributed by atoms with Crippen LogP contribution < -0.4 is 10.2 Å². The first kappa shape index (κ1) is 25.1. The Labute approximate surface area is 219 Å². The number of nitrogens with one attached hydrogen (secondary N) is 1. The third-order valence-corrected chi connectivity index (χ3v) is 7.06. The van der Waals surface area contributed by atoms with E-state index in [1.165, 1.54) is 17.0 Å². The molecule has 2 aliphatic rings. The fourth-order valence-electron chi connectivity index (χ4n) is 4.42. The van der Waals surface area contributed by atoms with Gasteiger partial charge in [0.05, 0.1) is 17.8 Å². The van der Waals surface area contributed by atoms with Crippen LogP contribution in [0.4, 0.5) is 20.2 Å². The van der Waals surface area contributed by atoms with Gasteiger partial charge in [0.25, 0.3) is 0 Å². The highest BCUT2D eigenvalue weighted by molar-refractivity contribution is 9.10. The van der Waals surface area contributed by atoms with Crippen molar-refractivity contribution in [3.8, 4) is 0 Å². The maximum absolute atomic E-state index is 14.3. The minimum Gasteiger partial charge on any atom is -0.380 e. The summed E-state index contributed by atoms with van der Waals surface area (Å²) in [6, 6.07) is 10.5. The van der Waals surface area contributed by atoms with E-state index in [2.05, 4.69) is 42.2 Å². The highest BCUT2D eigenvalue weighted by Gasteiger charge is 2.34. The van der Waals surface area contributed by atoms with Crippen molar-refractivity contribution in [2.24, 2.45) is 0 Å². The van der Waals surface area contributed by atoms with Gasteiger partial charge >= 0.3 is 0 Å². The van der Waals surface area contributed by atoms with Crippen LogP contribution in [0.25, 0.3) is 0 Å². The summed E-state index contributed by atoms with van der Waals surface area (Å²) in [5.74, 6) is -0.731. The number of benzene rings is 2. The zero-order chi connectivity index (χ0) is 24.6. The molecule has 34 heavy (non-hydrogen) atoms. The van der Waals surface area contributed by atoms with Crippen molar-refractivity contribution in [3.05, 3.63) is 85.0 Å². The Kier molecular flexibility index (Phi) is 7.60. The van der Waals surface area contributed by atoms with Crippen molar-refractivity contribution < 1.29 is 13.6 Å². The van der Waals surface area contributed by atoms with Gasteiger partial charge in [0.15, 0.2) is 0 Å². The van der Waals surface area contributed by atoms with Gasteiger partial charge in [0.1, 0.15) is 16.8 Å². The minimum atomic E-state index is -0.389. The van der Waals surface area contributed by atoms with Gasteiger partial charge in [-0.2, -0.15) is 0 Å². The summed E-state index contributed by atoms with van der Waals surface area (Å²) in [5.41, 5.74) is 3.60. The molecule has 0 fully saturated rings. The summed E-state index contributed by atoms with van der Waals surface area (Å²) < 4.78 is 29.0. The average molecular weight is 614 g/mol. The van der Waals surface area contributed by atoms with Crippen LogP contribution >= 0.6 is 43.5 Å². The molecule has 2 atom stereocenters. The second-order valence-corrected chi connectivity index (χ2v) is 10.7. The highest BCUT2D eigenvalue weighted by atomic mass is 79.9. The van der Waals surface area contributed by atoms with Gasteiger partial charge in [-0.05, 0) is 73.7 Å². The Morgan fingerprint density at radius 3 is 2.50 bits per heavy atom. The largest absolute Gasteiger partial charge is 0.380 e. The topological polar surface area (TPSA) is 45.2 Å². The molecule has 4 nitrogen and oxygen atoms in total. The molecular weight excluding hydrogens is 592 g/mol. The van der Waals surface area contributed by atoms with E-state index in [0.29, 0.717) is 39.0 Å². The summed E-state index contributed by atoms with van der Waals surface area (Å²) in [5, 5.41) is 3.40. The Bertz CT molecular complexity index is 1260. The second kappa shape index (κ2) is 10.3. The van der Waals surface area contributed by atoms with Gasteiger partial charge in [-0.1, -0.05) is 49.5 Å². The molecule has 5 rings (SSSR count). The van der Waals surface area contributed by atoms with Crippen LogP contribution in [0.15, 0.2) is 51.5 Å². The van der Waals surface area contributed by atoms with Gasteiger partial charge in [-0.25, -0.2) is 13.8 Å². The number of aromatic nitrogens is 1. The first-order valence-corrected chi connectivity index (χ1v) is 12.7. The van der Waals surface area contributed by atoms with E-state index in [1.807, 2.05) is 26.0 Å². The molecule has 0 aliphatic carbocycles. The van der Waals surface area contributed by atoms with Gasteiger partial charge in [-0.15, -0.1) is 0 Å². The average Bonchev–Trinajstić information content (AvgIpc) is 3.29. The fourth-order valence-corrected chi connectivity index (χ4v) is 5.56. The van der Waals surface area contributed by atoms with Gasteiger partial charge in [0, 0.05) is 27.2 Å². The number of halogens is 5. The molecule has 0 saturated heterocycles. The third-order valence-electron chi connectivity index (χ3n) is 5.80. The number of amides is 1. The monoisotopic (exact) mass is 611 g/mol. The number of pyridine rings is 1. The highest BCUT2D eigenvalue weighted by Crippen LogP contribution is 2.37. The first-order valence-electron chi connectivity index (χ1n) is 10.8. The number of nitrogens with zero attached hydrogens (tertiary/aromatic N) is 2. The van der Waals surface area contributed by atoms with Crippen molar-refractivity contribution in [3.63, 3.8) is 0 Å². The molecule has 3 heterocycles. The normalized spacial score (nSPS) is 18.0. The SMILES string of the molecule is CC1Cc2cc(Br)cc(F)c2N1.CC1Cc2cc(Br)cc(F)c2N1C(=O)Cc1cccnc1Cl. The predicted molar refractivity (Wildman–Crippen MR) is 139 cm³/mol. The number of carbonyl (C=O) groups is 1. The zero-order valence-electron chi connectivity index (χ0n) is 18.5. The lowest BCUT2D eigenvalue weighted by Crippen LogP contribution is -2.37.